The molecule has 0 fully saturated rings. The van der Waals surface area contributed by atoms with Crippen LogP contribution >= 0.6 is 24.0 Å². The van der Waals surface area contributed by atoms with Crippen LogP contribution in [0.4, 0.5) is 0 Å². The summed E-state index contributed by atoms with van der Waals surface area (Å²) in [6.45, 7) is 0. The van der Waals surface area contributed by atoms with E-state index in [-0.39, 0.29) is 18.0 Å². The second kappa shape index (κ2) is 4.73. The van der Waals surface area contributed by atoms with Crippen molar-refractivity contribution >= 4 is 39.8 Å². The molecule has 6 nitrogen and oxygen atoms in total. The highest BCUT2D eigenvalue weighted by Gasteiger charge is 2.16. The molecule has 0 saturated heterocycles. The predicted octanol–water partition coefficient (Wildman–Crippen LogP) is 0.654. The Balaban J connectivity index is 0.00000196. The molecule has 0 spiro atoms. The van der Waals surface area contributed by atoms with Crippen molar-refractivity contribution in [3.8, 4) is 0 Å². The summed E-state index contributed by atoms with van der Waals surface area (Å²) in [4.78, 5) is 17.2. The van der Waals surface area contributed by atoms with Gasteiger partial charge in [0.25, 0.3) is 0 Å². The zero-order valence-corrected chi connectivity index (χ0v) is 9.73. The number of carbonyl (C=O) groups is 1. The van der Waals surface area contributed by atoms with Gasteiger partial charge in [-0.2, -0.15) is 0 Å². The lowest BCUT2D eigenvalue weighted by Crippen LogP contribution is -2.08. The summed E-state index contributed by atoms with van der Waals surface area (Å²) in [5.41, 5.74) is -0.334. The Morgan fingerprint density at radius 3 is 2.40 bits per heavy atom. The molecule has 15 heavy (non-hydrogen) atoms. The Morgan fingerprint density at radius 1 is 1.53 bits per heavy atom. The van der Waals surface area contributed by atoms with Gasteiger partial charge in [-0.05, 0) is 0 Å². The first-order valence-electron chi connectivity index (χ1n) is 3.28. The molecule has 0 aliphatic rings. The number of aromatic carboxylic acids is 1. The molecule has 0 bridgehead atoms. The number of sulfone groups is 1. The highest BCUT2D eigenvalue weighted by Crippen LogP contribution is 2.13. The van der Waals surface area contributed by atoms with Gasteiger partial charge in [0.05, 0.1) is 0 Å². The number of rotatable bonds is 2. The molecule has 0 saturated carbocycles. The third-order valence-electron chi connectivity index (χ3n) is 1.28. The van der Waals surface area contributed by atoms with Crippen LogP contribution in [0.2, 0.25) is 5.15 Å². The average molecular weight is 273 g/mol. The van der Waals surface area contributed by atoms with Crippen LogP contribution in [0.15, 0.2) is 11.4 Å². The molecule has 1 aromatic rings. The third-order valence-corrected chi connectivity index (χ3v) is 2.43. The van der Waals surface area contributed by atoms with Crippen LogP contribution in [0.1, 0.15) is 10.4 Å². The van der Waals surface area contributed by atoms with Crippen molar-refractivity contribution in [1.82, 2.24) is 9.97 Å². The Labute approximate surface area is 96.6 Å². The molecule has 1 rings (SSSR count). The summed E-state index contributed by atoms with van der Waals surface area (Å²) in [5, 5.41) is 7.66. The fraction of sp³-hybridized carbons (Fsp3) is 0.167. The van der Waals surface area contributed by atoms with Crippen LogP contribution in [0, 0.1) is 0 Å². The van der Waals surface area contributed by atoms with Crippen molar-refractivity contribution in [2.45, 2.75) is 5.16 Å². The maximum absolute atomic E-state index is 10.9. The minimum atomic E-state index is -3.57. The van der Waals surface area contributed by atoms with Crippen molar-refractivity contribution in [3.05, 3.63) is 16.9 Å². The van der Waals surface area contributed by atoms with Gasteiger partial charge in [0.1, 0.15) is 10.7 Å². The molecule has 1 heterocycles. The van der Waals surface area contributed by atoms with E-state index in [2.05, 4.69) is 9.97 Å². The maximum Gasteiger partial charge on any atom is 0.340 e. The van der Waals surface area contributed by atoms with Crippen molar-refractivity contribution < 1.29 is 18.3 Å². The van der Waals surface area contributed by atoms with Crippen LogP contribution in [-0.4, -0.2) is 35.7 Å². The highest BCUT2D eigenvalue weighted by molar-refractivity contribution is 7.90. The van der Waals surface area contributed by atoms with Crippen molar-refractivity contribution in [2.24, 2.45) is 0 Å². The van der Waals surface area contributed by atoms with Gasteiger partial charge in [-0.3, -0.25) is 0 Å². The van der Waals surface area contributed by atoms with E-state index in [1.807, 2.05) is 0 Å². The van der Waals surface area contributed by atoms with Crippen molar-refractivity contribution in [3.63, 3.8) is 0 Å². The molecule has 0 amide bonds. The number of hydrogen-bond acceptors (Lipinski definition) is 5. The van der Waals surface area contributed by atoms with E-state index in [1.165, 1.54) is 0 Å². The molecule has 1 N–H and O–H groups in total. The van der Waals surface area contributed by atoms with Gasteiger partial charge in [-0.1, -0.05) is 11.6 Å². The van der Waals surface area contributed by atoms with Crippen molar-refractivity contribution in [2.75, 3.05) is 6.26 Å². The van der Waals surface area contributed by atoms with E-state index in [0.717, 1.165) is 12.5 Å². The summed E-state index contributed by atoms with van der Waals surface area (Å²) >= 11 is 5.43. The first kappa shape index (κ1) is 14.1. The van der Waals surface area contributed by atoms with Crippen LogP contribution in [0.5, 0.6) is 0 Å². The second-order valence-electron chi connectivity index (χ2n) is 2.43. The van der Waals surface area contributed by atoms with Gasteiger partial charge < -0.3 is 5.11 Å². The summed E-state index contributed by atoms with van der Waals surface area (Å²) in [7, 11) is -3.57. The summed E-state index contributed by atoms with van der Waals surface area (Å²) in [5.74, 6) is -1.31. The maximum atomic E-state index is 10.9. The molecule has 0 atom stereocenters. The zero-order valence-electron chi connectivity index (χ0n) is 7.34. The third kappa shape index (κ3) is 3.29. The normalized spacial score (nSPS) is 10.5. The molecule has 0 unspecified atom stereocenters. The second-order valence-corrected chi connectivity index (χ2v) is 4.70. The highest BCUT2D eigenvalue weighted by atomic mass is 35.5. The largest absolute Gasteiger partial charge is 0.478 e. The Morgan fingerprint density at radius 2 is 2.07 bits per heavy atom. The van der Waals surface area contributed by atoms with Gasteiger partial charge in [0.2, 0.25) is 15.0 Å². The van der Waals surface area contributed by atoms with Gasteiger partial charge in [0, 0.05) is 12.5 Å². The fourth-order valence-electron chi connectivity index (χ4n) is 0.668. The quantitative estimate of drug-likeness (QED) is 0.627. The molecular formula is C6H6Cl2N2O4S. The minimum Gasteiger partial charge on any atom is -0.478 e. The Bertz CT molecular complexity index is 488. The lowest BCUT2D eigenvalue weighted by molar-refractivity contribution is 0.0696. The van der Waals surface area contributed by atoms with Crippen molar-refractivity contribution in [1.29, 1.82) is 0 Å². The number of carboxylic acid groups (broad SMARTS) is 1. The van der Waals surface area contributed by atoms with Gasteiger partial charge in [0.15, 0.2) is 0 Å². The van der Waals surface area contributed by atoms with Crippen LogP contribution in [0.25, 0.3) is 0 Å². The summed E-state index contributed by atoms with van der Waals surface area (Å²) in [6, 6.07) is 0. The molecule has 1 aromatic heterocycles. The molecule has 9 heteroatoms. The number of hydrogen-bond donors (Lipinski definition) is 1. The Hall–Kier alpha value is -0.920. The molecule has 84 valence electrons. The Kier molecular flexibility index (Phi) is 4.44. The number of halogens is 2. The molecule has 0 aromatic carbocycles. The monoisotopic (exact) mass is 272 g/mol. The smallest absolute Gasteiger partial charge is 0.340 e. The lowest BCUT2D eigenvalue weighted by Gasteiger charge is -1.99. The van der Waals surface area contributed by atoms with Crippen LogP contribution < -0.4 is 0 Å². The average Bonchev–Trinajstić information content (AvgIpc) is 2.01. The SMILES string of the molecule is CS(=O)(=O)c1ncc(C(=O)O)c(Cl)n1.Cl. The molecule has 0 aliphatic heterocycles. The van der Waals surface area contributed by atoms with E-state index >= 15 is 0 Å². The van der Waals surface area contributed by atoms with E-state index in [9.17, 15) is 13.2 Å². The topological polar surface area (TPSA) is 97.2 Å². The molecule has 0 radical (unpaired) electrons. The number of aromatic nitrogens is 2. The minimum absolute atomic E-state index is 0. The van der Waals surface area contributed by atoms with E-state index in [4.69, 9.17) is 16.7 Å². The summed E-state index contributed by atoms with van der Waals surface area (Å²) < 4.78 is 21.9. The van der Waals surface area contributed by atoms with Gasteiger partial charge in [-0.15, -0.1) is 12.4 Å². The van der Waals surface area contributed by atoms with E-state index < -0.39 is 26.1 Å². The van der Waals surface area contributed by atoms with E-state index in [1.54, 1.807) is 0 Å². The molecule has 0 aliphatic carbocycles. The lowest BCUT2D eigenvalue weighted by atomic mass is 10.3. The fourth-order valence-corrected chi connectivity index (χ4v) is 1.43. The van der Waals surface area contributed by atoms with Gasteiger partial charge >= 0.3 is 5.97 Å². The van der Waals surface area contributed by atoms with Crippen LogP contribution in [0.3, 0.4) is 0 Å². The van der Waals surface area contributed by atoms with Crippen LogP contribution in [-0.2, 0) is 9.84 Å². The number of carboxylic acids is 1. The molecular weight excluding hydrogens is 267 g/mol. The first-order chi connectivity index (χ1) is 6.32. The first-order valence-corrected chi connectivity index (χ1v) is 5.55. The van der Waals surface area contributed by atoms with Gasteiger partial charge in [-0.25, -0.2) is 23.2 Å². The summed E-state index contributed by atoms with van der Waals surface area (Å²) in [6.07, 6.45) is 1.76. The number of nitrogens with zero attached hydrogens (tertiary/aromatic N) is 2. The standard InChI is InChI=1S/C6H5ClN2O4S.ClH/c1-14(12,13)6-8-2-3(5(10)11)4(7)9-6;/h2H,1H3,(H,10,11);1H. The zero-order chi connectivity index (χ0) is 10.9. The van der Waals surface area contributed by atoms with E-state index in [0.29, 0.717) is 0 Å². The predicted molar refractivity (Wildman–Crippen MR) is 54.4 cm³/mol.